The number of rotatable bonds is 4. The molecule has 0 radical (unpaired) electrons. The number of nitrogens with one attached hydrogen (secondary N) is 1. The van der Waals surface area contributed by atoms with Crippen LogP contribution in [-0.4, -0.2) is 12.1 Å². The van der Waals surface area contributed by atoms with Gasteiger partial charge in [-0.15, -0.1) is 0 Å². The summed E-state index contributed by atoms with van der Waals surface area (Å²) >= 11 is 3.57. The number of benzene rings is 1. The number of hydrogen-bond acceptors (Lipinski definition) is 2. The largest absolute Gasteiger partial charge is 0.487 e. The normalized spacial score (nSPS) is 30.5. The quantitative estimate of drug-likeness (QED) is 0.849. The lowest BCUT2D eigenvalue weighted by molar-refractivity contribution is -0.0134. The highest BCUT2D eigenvalue weighted by Crippen LogP contribution is 2.59. The molecule has 1 fully saturated rings. The summed E-state index contributed by atoms with van der Waals surface area (Å²) in [4.78, 5) is 0. The first kappa shape index (κ1) is 14.4. The molecule has 0 bridgehead atoms. The SMILES string of the molecule is CCCNC1CC(C)(C2(C)CC2)Oc2cc(Br)ccc21. The van der Waals surface area contributed by atoms with Crippen molar-refractivity contribution < 1.29 is 4.74 Å². The van der Waals surface area contributed by atoms with E-state index in [4.69, 9.17) is 4.74 Å². The van der Waals surface area contributed by atoms with E-state index < -0.39 is 0 Å². The van der Waals surface area contributed by atoms with Crippen molar-refractivity contribution in [2.75, 3.05) is 6.54 Å². The van der Waals surface area contributed by atoms with Gasteiger partial charge in [0.05, 0.1) is 0 Å². The Hall–Kier alpha value is -0.540. The van der Waals surface area contributed by atoms with Gasteiger partial charge in [-0.3, -0.25) is 0 Å². The van der Waals surface area contributed by atoms with Gasteiger partial charge in [0, 0.05) is 27.9 Å². The molecule has 1 N–H and O–H groups in total. The first-order valence-corrected chi connectivity index (χ1v) is 8.49. The molecule has 2 nitrogen and oxygen atoms in total. The Balaban J connectivity index is 1.95. The molecule has 2 atom stereocenters. The first-order valence-electron chi connectivity index (χ1n) is 7.69. The van der Waals surface area contributed by atoms with Crippen molar-refractivity contribution in [3.8, 4) is 5.75 Å². The highest BCUT2D eigenvalue weighted by molar-refractivity contribution is 9.10. The monoisotopic (exact) mass is 337 g/mol. The van der Waals surface area contributed by atoms with Crippen LogP contribution in [0.2, 0.25) is 0 Å². The lowest BCUT2D eigenvalue weighted by atomic mass is 9.78. The van der Waals surface area contributed by atoms with Crippen LogP contribution < -0.4 is 10.1 Å². The van der Waals surface area contributed by atoms with Crippen molar-refractivity contribution in [2.24, 2.45) is 5.41 Å². The molecule has 1 heterocycles. The predicted molar refractivity (Wildman–Crippen MR) is 86.2 cm³/mol. The number of halogens is 1. The summed E-state index contributed by atoms with van der Waals surface area (Å²) in [5.74, 6) is 1.05. The van der Waals surface area contributed by atoms with E-state index in [0.717, 1.165) is 29.6 Å². The molecule has 2 aliphatic rings. The Labute approximate surface area is 130 Å². The van der Waals surface area contributed by atoms with Crippen LogP contribution >= 0.6 is 15.9 Å². The topological polar surface area (TPSA) is 21.3 Å². The van der Waals surface area contributed by atoms with Crippen LogP contribution in [0.3, 0.4) is 0 Å². The molecule has 110 valence electrons. The summed E-state index contributed by atoms with van der Waals surface area (Å²) < 4.78 is 7.56. The van der Waals surface area contributed by atoms with Gasteiger partial charge in [-0.1, -0.05) is 35.8 Å². The van der Waals surface area contributed by atoms with Crippen LogP contribution in [-0.2, 0) is 0 Å². The number of hydrogen-bond donors (Lipinski definition) is 1. The molecule has 0 saturated heterocycles. The fourth-order valence-corrected chi connectivity index (χ4v) is 3.60. The Morgan fingerprint density at radius 1 is 1.35 bits per heavy atom. The smallest absolute Gasteiger partial charge is 0.126 e. The summed E-state index contributed by atoms with van der Waals surface area (Å²) in [5, 5.41) is 3.71. The van der Waals surface area contributed by atoms with E-state index >= 15 is 0 Å². The van der Waals surface area contributed by atoms with Crippen molar-refractivity contribution >= 4 is 15.9 Å². The van der Waals surface area contributed by atoms with Gasteiger partial charge in [0.2, 0.25) is 0 Å². The van der Waals surface area contributed by atoms with Gasteiger partial charge in [0.25, 0.3) is 0 Å². The average Bonchev–Trinajstić information content (AvgIpc) is 3.15. The molecule has 1 aromatic carbocycles. The number of ether oxygens (including phenoxy) is 1. The predicted octanol–water partition coefficient (Wildman–Crippen LogP) is 4.83. The molecule has 1 saturated carbocycles. The van der Waals surface area contributed by atoms with Crippen molar-refractivity contribution in [3.05, 3.63) is 28.2 Å². The second kappa shape index (κ2) is 5.03. The van der Waals surface area contributed by atoms with E-state index in [2.05, 4.69) is 60.2 Å². The lowest BCUT2D eigenvalue weighted by Gasteiger charge is -2.44. The summed E-state index contributed by atoms with van der Waals surface area (Å²) in [5.41, 5.74) is 1.61. The lowest BCUT2D eigenvalue weighted by Crippen LogP contribution is -2.47. The Kier molecular flexibility index (Phi) is 3.62. The van der Waals surface area contributed by atoms with Gasteiger partial charge in [-0.25, -0.2) is 0 Å². The van der Waals surface area contributed by atoms with Crippen LogP contribution in [0.4, 0.5) is 0 Å². The molecule has 0 amide bonds. The molecule has 1 aliphatic carbocycles. The van der Waals surface area contributed by atoms with E-state index in [1.165, 1.54) is 18.4 Å². The van der Waals surface area contributed by atoms with Crippen molar-refractivity contribution in [1.82, 2.24) is 5.32 Å². The average molecular weight is 338 g/mol. The molecular formula is C17H24BrNO. The van der Waals surface area contributed by atoms with Gasteiger partial charge in [0.1, 0.15) is 11.4 Å². The molecule has 0 spiro atoms. The molecule has 1 aromatic rings. The molecule has 20 heavy (non-hydrogen) atoms. The van der Waals surface area contributed by atoms with E-state index in [-0.39, 0.29) is 5.60 Å². The highest BCUT2D eigenvalue weighted by Gasteiger charge is 2.57. The van der Waals surface area contributed by atoms with Gasteiger partial charge in [-0.05, 0) is 44.9 Å². The zero-order chi connectivity index (χ0) is 14.4. The highest BCUT2D eigenvalue weighted by atomic mass is 79.9. The van der Waals surface area contributed by atoms with Crippen LogP contribution in [0.15, 0.2) is 22.7 Å². The second-order valence-electron chi connectivity index (χ2n) is 6.79. The van der Waals surface area contributed by atoms with E-state index in [1.807, 2.05) is 0 Å². The fourth-order valence-electron chi connectivity index (χ4n) is 3.25. The van der Waals surface area contributed by atoms with Gasteiger partial charge in [0.15, 0.2) is 0 Å². The van der Waals surface area contributed by atoms with E-state index in [1.54, 1.807) is 0 Å². The third kappa shape index (κ3) is 2.39. The summed E-state index contributed by atoms with van der Waals surface area (Å²) in [6, 6.07) is 6.85. The molecule has 2 unspecified atom stereocenters. The first-order chi connectivity index (χ1) is 9.47. The van der Waals surface area contributed by atoms with Gasteiger partial charge >= 0.3 is 0 Å². The molecule has 3 heteroatoms. The zero-order valence-corrected chi connectivity index (χ0v) is 14.2. The van der Waals surface area contributed by atoms with E-state index in [9.17, 15) is 0 Å². The maximum Gasteiger partial charge on any atom is 0.126 e. The fraction of sp³-hybridized carbons (Fsp3) is 0.647. The standard InChI is InChI=1S/C17H24BrNO/c1-4-9-19-14-11-17(3,16(2)7-8-16)20-15-10-12(18)5-6-13(14)15/h5-6,10,14,19H,4,7-9,11H2,1-3H3. The summed E-state index contributed by atoms with van der Waals surface area (Å²) in [6.45, 7) is 7.94. The van der Waals surface area contributed by atoms with E-state index in [0.29, 0.717) is 11.5 Å². The maximum atomic E-state index is 6.47. The van der Waals surface area contributed by atoms with Crippen molar-refractivity contribution in [1.29, 1.82) is 0 Å². The van der Waals surface area contributed by atoms with Crippen LogP contribution in [0.1, 0.15) is 58.1 Å². The molecule has 0 aromatic heterocycles. The molecule has 1 aliphatic heterocycles. The van der Waals surface area contributed by atoms with Crippen LogP contribution in [0.5, 0.6) is 5.75 Å². The minimum absolute atomic E-state index is 0.0494. The van der Waals surface area contributed by atoms with Crippen LogP contribution in [0.25, 0.3) is 0 Å². The van der Waals surface area contributed by atoms with Gasteiger partial charge < -0.3 is 10.1 Å². The van der Waals surface area contributed by atoms with Crippen molar-refractivity contribution in [2.45, 2.75) is 58.1 Å². The minimum Gasteiger partial charge on any atom is -0.487 e. The third-order valence-electron chi connectivity index (χ3n) is 5.20. The zero-order valence-electron chi connectivity index (χ0n) is 12.6. The molecular weight excluding hydrogens is 314 g/mol. The molecule has 3 rings (SSSR count). The Bertz CT molecular complexity index is 512. The summed E-state index contributed by atoms with van der Waals surface area (Å²) in [6.07, 6.45) is 4.80. The third-order valence-corrected chi connectivity index (χ3v) is 5.69. The van der Waals surface area contributed by atoms with Gasteiger partial charge in [-0.2, -0.15) is 0 Å². The maximum absolute atomic E-state index is 6.47. The second-order valence-corrected chi connectivity index (χ2v) is 7.70. The number of fused-ring (bicyclic) bond motifs is 1. The van der Waals surface area contributed by atoms with Crippen LogP contribution in [0, 0.1) is 5.41 Å². The Morgan fingerprint density at radius 2 is 2.10 bits per heavy atom. The van der Waals surface area contributed by atoms with Crippen molar-refractivity contribution in [3.63, 3.8) is 0 Å². The minimum atomic E-state index is -0.0494. The Morgan fingerprint density at radius 3 is 2.75 bits per heavy atom. The summed E-state index contributed by atoms with van der Waals surface area (Å²) in [7, 11) is 0.